The number of nitrogens with zero attached hydrogens (tertiary/aromatic N) is 1. The Morgan fingerprint density at radius 1 is 1.29 bits per heavy atom. The Bertz CT molecular complexity index is 165. The van der Waals surface area contributed by atoms with Crippen molar-refractivity contribution in [3.05, 3.63) is 0 Å². The van der Waals surface area contributed by atoms with E-state index in [2.05, 4.69) is 4.90 Å². The van der Waals surface area contributed by atoms with Crippen LogP contribution in [0.2, 0.25) is 0 Å². The first-order valence-electron chi connectivity index (χ1n) is 5.31. The van der Waals surface area contributed by atoms with Crippen LogP contribution in [0.15, 0.2) is 0 Å². The number of hydrogen-bond donors (Lipinski definition) is 1. The minimum absolute atomic E-state index is 0.296. The zero-order valence-electron chi connectivity index (χ0n) is 8.57. The molecular weight excluding hydrogens is 182 g/mol. The average molecular weight is 201 g/mol. The maximum atomic E-state index is 10.3. The van der Waals surface area contributed by atoms with Gasteiger partial charge in [-0.15, -0.1) is 0 Å². The van der Waals surface area contributed by atoms with Crippen molar-refractivity contribution in [3.63, 3.8) is 0 Å². The molecule has 4 nitrogen and oxygen atoms in total. The predicted octanol–water partition coefficient (Wildman–Crippen LogP) is 0.964. The first-order chi connectivity index (χ1) is 6.79. The van der Waals surface area contributed by atoms with Crippen molar-refractivity contribution in [1.29, 1.82) is 0 Å². The van der Waals surface area contributed by atoms with Crippen molar-refractivity contribution < 1.29 is 14.6 Å². The molecule has 1 saturated heterocycles. The second-order valence-electron chi connectivity index (χ2n) is 3.66. The van der Waals surface area contributed by atoms with Crippen LogP contribution in [0.4, 0.5) is 0 Å². The molecule has 1 fully saturated rings. The van der Waals surface area contributed by atoms with Crippen LogP contribution >= 0.6 is 0 Å². The van der Waals surface area contributed by atoms with Crippen molar-refractivity contribution in [2.24, 2.45) is 0 Å². The lowest BCUT2D eigenvalue weighted by molar-refractivity contribution is -0.137. The lowest BCUT2D eigenvalue weighted by Crippen LogP contribution is -2.27. The first-order valence-corrected chi connectivity index (χ1v) is 5.31. The fourth-order valence-corrected chi connectivity index (χ4v) is 1.63. The van der Waals surface area contributed by atoms with Gasteiger partial charge in [-0.2, -0.15) is 0 Å². The molecule has 1 aliphatic heterocycles. The topological polar surface area (TPSA) is 49.8 Å². The summed E-state index contributed by atoms with van der Waals surface area (Å²) in [5.41, 5.74) is 0. The van der Waals surface area contributed by atoms with Crippen LogP contribution in [-0.4, -0.2) is 48.8 Å². The van der Waals surface area contributed by atoms with E-state index in [0.29, 0.717) is 6.42 Å². The standard InChI is InChI=1S/C10H19NO3/c12-10(13)4-1-2-5-11-6-3-8-14-9-7-11/h1-9H2,(H,12,13). The van der Waals surface area contributed by atoms with Gasteiger partial charge in [-0.05, 0) is 25.8 Å². The Hall–Kier alpha value is -0.610. The van der Waals surface area contributed by atoms with Crippen LogP contribution in [0.1, 0.15) is 25.7 Å². The molecule has 0 aromatic carbocycles. The largest absolute Gasteiger partial charge is 0.481 e. The number of carbonyl (C=O) groups is 1. The van der Waals surface area contributed by atoms with Gasteiger partial charge in [0.25, 0.3) is 0 Å². The number of carboxylic acid groups (broad SMARTS) is 1. The first kappa shape index (κ1) is 11.5. The van der Waals surface area contributed by atoms with Gasteiger partial charge in [0.2, 0.25) is 0 Å². The molecule has 0 atom stereocenters. The number of ether oxygens (including phenoxy) is 1. The third-order valence-corrected chi connectivity index (χ3v) is 2.43. The van der Waals surface area contributed by atoms with Gasteiger partial charge in [0, 0.05) is 26.1 Å². The van der Waals surface area contributed by atoms with Gasteiger partial charge in [0.05, 0.1) is 6.61 Å². The summed E-state index contributed by atoms with van der Waals surface area (Å²) in [5.74, 6) is -0.691. The molecule has 82 valence electrons. The third-order valence-electron chi connectivity index (χ3n) is 2.43. The Morgan fingerprint density at radius 2 is 2.14 bits per heavy atom. The number of rotatable bonds is 5. The molecule has 0 aromatic rings. The van der Waals surface area contributed by atoms with Crippen molar-refractivity contribution in [1.82, 2.24) is 4.90 Å². The molecule has 1 aliphatic rings. The Morgan fingerprint density at radius 3 is 2.93 bits per heavy atom. The normalized spacial score (nSPS) is 19.1. The molecule has 0 amide bonds. The average Bonchev–Trinajstić information content (AvgIpc) is 2.40. The molecule has 0 aliphatic carbocycles. The molecule has 0 saturated carbocycles. The predicted molar refractivity (Wildman–Crippen MR) is 53.4 cm³/mol. The molecule has 0 unspecified atom stereocenters. The van der Waals surface area contributed by atoms with E-state index in [0.717, 1.165) is 52.1 Å². The number of hydrogen-bond acceptors (Lipinski definition) is 3. The summed E-state index contributed by atoms with van der Waals surface area (Å²) in [4.78, 5) is 12.6. The second kappa shape index (κ2) is 6.79. The van der Waals surface area contributed by atoms with Gasteiger partial charge in [0.15, 0.2) is 0 Å². The summed E-state index contributed by atoms with van der Waals surface area (Å²) < 4.78 is 5.33. The molecule has 0 aromatic heterocycles. The smallest absolute Gasteiger partial charge is 0.303 e. The van der Waals surface area contributed by atoms with Gasteiger partial charge in [-0.1, -0.05) is 0 Å². The lowest BCUT2D eigenvalue weighted by atomic mass is 10.2. The fourth-order valence-electron chi connectivity index (χ4n) is 1.63. The molecule has 0 spiro atoms. The van der Waals surface area contributed by atoms with E-state index in [-0.39, 0.29) is 0 Å². The molecule has 0 radical (unpaired) electrons. The fraction of sp³-hybridized carbons (Fsp3) is 0.900. The highest BCUT2D eigenvalue weighted by Crippen LogP contribution is 2.03. The minimum atomic E-state index is -0.691. The highest BCUT2D eigenvalue weighted by Gasteiger charge is 2.08. The van der Waals surface area contributed by atoms with Crippen LogP contribution in [0.3, 0.4) is 0 Å². The van der Waals surface area contributed by atoms with E-state index in [4.69, 9.17) is 9.84 Å². The molecular formula is C10H19NO3. The Balaban J connectivity index is 2.01. The van der Waals surface area contributed by atoms with Crippen molar-refractivity contribution in [2.45, 2.75) is 25.7 Å². The van der Waals surface area contributed by atoms with E-state index in [1.807, 2.05) is 0 Å². The summed E-state index contributed by atoms with van der Waals surface area (Å²) in [6.07, 6.45) is 3.16. The van der Waals surface area contributed by atoms with Crippen LogP contribution in [0, 0.1) is 0 Å². The lowest BCUT2D eigenvalue weighted by Gasteiger charge is -2.18. The monoisotopic (exact) mass is 201 g/mol. The van der Waals surface area contributed by atoms with Crippen LogP contribution in [0.25, 0.3) is 0 Å². The summed E-state index contributed by atoms with van der Waals surface area (Å²) in [6, 6.07) is 0. The highest BCUT2D eigenvalue weighted by atomic mass is 16.5. The molecule has 0 bridgehead atoms. The minimum Gasteiger partial charge on any atom is -0.481 e. The molecule has 1 N–H and O–H groups in total. The number of unbranched alkanes of at least 4 members (excludes halogenated alkanes) is 1. The maximum absolute atomic E-state index is 10.3. The molecule has 4 heteroatoms. The zero-order valence-corrected chi connectivity index (χ0v) is 8.57. The van der Waals surface area contributed by atoms with Crippen molar-refractivity contribution in [2.75, 3.05) is 32.8 Å². The molecule has 1 heterocycles. The van der Waals surface area contributed by atoms with Crippen LogP contribution in [-0.2, 0) is 9.53 Å². The van der Waals surface area contributed by atoms with Crippen molar-refractivity contribution in [3.8, 4) is 0 Å². The second-order valence-corrected chi connectivity index (χ2v) is 3.66. The SMILES string of the molecule is O=C(O)CCCCN1CCCOCC1. The van der Waals surface area contributed by atoms with Crippen LogP contribution in [0.5, 0.6) is 0 Å². The van der Waals surface area contributed by atoms with Gasteiger partial charge < -0.3 is 14.7 Å². The highest BCUT2D eigenvalue weighted by molar-refractivity contribution is 5.66. The zero-order chi connectivity index (χ0) is 10.2. The van der Waals surface area contributed by atoms with E-state index in [1.54, 1.807) is 0 Å². The van der Waals surface area contributed by atoms with E-state index >= 15 is 0 Å². The van der Waals surface area contributed by atoms with Crippen molar-refractivity contribution >= 4 is 5.97 Å². The Kier molecular flexibility index (Phi) is 5.56. The summed E-state index contributed by atoms with van der Waals surface area (Å²) in [5, 5.41) is 8.46. The number of carboxylic acids is 1. The van der Waals surface area contributed by atoms with Gasteiger partial charge in [0.1, 0.15) is 0 Å². The van der Waals surface area contributed by atoms with E-state index in [1.165, 1.54) is 0 Å². The quantitative estimate of drug-likeness (QED) is 0.673. The molecule has 14 heavy (non-hydrogen) atoms. The summed E-state index contributed by atoms with van der Waals surface area (Å²) in [7, 11) is 0. The summed E-state index contributed by atoms with van der Waals surface area (Å²) >= 11 is 0. The summed E-state index contributed by atoms with van der Waals surface area (Å²) in [6.45, 7) is 4.78. The Labute approximate surface area is 84.8 Å². The maximum Gasteiger partial charge on any atom is 0.303 e. The van der Waals surface area contributed by atoms with Gasteiger partial charge >= 0.3 is 5.97 Å². The van der Waals surface area contributed by atoms with Gasteiger partial charge in [-0.3, -0.25) is 4.79 Å². The van der Waals surface area contributed by atoms with Gasteiger partial charge in [-0.25, -0.2) is 0 Å². The number of aliphatic carboxylic acids is 1. The molecule has 1 rings (SSSR count). The third kappa shape index (κ3) is 5.19. The van der Waals surface area contributed by atoms with E-state index < -0.39 is 5.97 Å². The van der Waals surface area contributed by atoms with E-state index in [9.17, 15) is 4.79 Å². The van der Waals surface area contributed by atoms with Crippen LogP contribution < -0.4 is 0 Å².